The molecule has 0 amide bonds. The van der Waals surface area contributed by atoms with E-state index in [2.05, 4.69) is 0 Å². The van der Waals surface area contributed by atoms with Crippen molar-refractivity contribution in [2.75, 3.05) is 19.0 Å². The van der Waals surface area contributed by atoms with Gasteiger partial charge in [-0.3, -0.25) is 0 Å². The Morgan fingerprint density at radius 3 is 2.56 bits per heavy atom. The zero-order chi connectivity index (χ0) is 13.9. The predicted molar refractivity (Wildman–Crippen MR) is 66.7 cm³/mol. The molecule has 0 aliphatic heterocycles. The first-order valence-corrected chi connectivity index (χ1v) is 5.20. The van der Waals surface area contributed by atoms with Crippen LogP contribution >= 0.6 is 0 Å². The molecule has 1 aromatic carbocycles. The Morgan fingerprint density at radius 2 is 2.11 bits per heavy atom. The molecule has 0 unspecified atom stereocenters. The number of carboxylic acid groups (broad SMARTS) is 1. The van der Waals surface area contributed by atoms with E-state index in [0.29, 0.717) is 5.69 Å². The second kappa shape index (κ2) is 5.32. The average Bonchev–Trinajstić information content (AvgIpc) is 2.30. The van der Waals surface area contributed by atoms with Crippen molar-refractivity contribution in [2.45, 2.75) is 6.92 Å². The summed E-state index contributed by atoms with van der Waals surface area (Å²) in [7, 11) is 3.40. The normalized spacial score (nSPS) is 10.9. The van der Waals surface area contributed by atoms with E-state index >= 15 is 0 Å². The number of carboxylic acids is 1. The molecule has 4 nitrogen and oxygen atoms in total. The van der Waals surface area contributed by atoms with Crippen LogP contribution in [0.5, 0.6) is 0 Å². The minimum Gasteiger partial charge on any atom is -0.478 e. The Bertz CT molecular complexity index is 557. The summed E-state index contributed by atoms with van der Waals surface area (Å²) in [6.07, 6.45) is 1.21. The molecule has 0 bridgehead atoms. The highest BCUT2D eigenvalue weighted by Gasteiger charge is 2.14. The van der Waals surface area contributed by atoms with E-state index in [1.54, 1.807) is 31.1 Å². The maximum atomic E-state index is 14.0. The Kier molecular flexibility index (Phi) is 4.05. The van der Waals surface area contributed by atoms with Gasteiger partial charge < -0.3 is 10.0 Å². The van der Waals surface area contributed by atoms with Gasteiger partial charge in [0, 0.05) is 25.2 Å². The lowest BCUT2D eigenvalue weighted by Crippen LogP contribution is -2.11. The number of aliphatic carboxylic acids is 1. The standard InChI is InChI=1S/C13H13FN2O2/c1-8(13(17)18)6-9-4-5-11(16(2)3)10(7-15)12(9)14/h4-6H,1-3H3,(H,17,18). The van der Waals surface area contributed by atoms with E-state index in [4.69, 9.17) is 10.4 Å². The number of nitrogens with zero attached hydrogens (tertiary/aromatic N) is 2. The third-order valence-electron chi connectivity index (χ3n) is 2.45. The fraction of sp³-hybridized carbons (Fsp3) is 0.231. The van der Waals surface area contributed by atoms with Crippen molar-refractivity contribution in [2.24, 2.45) is 0 Å². The summed E-state index contributed by atoms with van der Waals surface area (Å²) in [6, 6.07) is 4.84. The second-order valence-electron chi connectivity index (χ2n) is 4.00. The van der Waals surface area contributed by atoms with Crippen LogP contribution in [0.15, 0.2) is 17.7 Å². The highest BCUT2D eigenvalue weighted by atomic mass is 19.1. The Labute approximate surface area is 105 Å². The van der Waals surface area contributed by atoms with Crippen LogP contribution < -0.4 is 4.90 Å². The smallest absolute Gasteiger partial charge is 0.331 e. The van der Waals surface area contributed by atoms with Crippen LogP contribution in [0.1, 0.15) is 18.1 Å². The first-order chi connectivity index (χ1) is 8.38. The third-order valence-corrected chi connectivity index (χ3v) is 2.45. The molecule has 0 spiro atoms. The molecular formula is C13H13FN2O2. The molecule has 1 N–H and O–H groups in total. The molecule has 94 valence electrons. The van der Waals surface area contributed by atoms with E-state index in [0.717, 1.165) is 0 Å². The second-order valence-corrected chi connectivity index (χ2v) is 4.00. The van der Waals surface area contributed by atoms with Gasteiger partial charge in [0.05, 0.1) is 5.69 Å². The zero-order valence-electron chi connectivity index (χ0n) is 10.4. The van der Waals surface area contributed by atoms with Gasteiger partial charge in [0.15, 0.2) is 0 Å². The van der Waals surface area contributed by atoms with Crippen molar-refractivity contribution in [3.05, 3.63) is 34.6 Å². The first kappa shape index (κ1) is 13.7. The maximum absolute atomic E-state index is 14.0. The van der Waals surface area contributed by atoms with Crippen molar-refractivity contribution in [3.63, 3.8) is 0 Å². The van der Waals surface area contributed by atoms with Crippen LogP contribution in [-0.4, -0.2) is 25.2 Å². The molecule has 18 heavy (non-hydrogen) atoms. The predicted octanol–water partition coefficient (Wildman–Crippen LogP) is 2.25. The van der Waals surface area contributed by atoms with Gasteiger partial charge in [0.25, 0.3) is 0 Å². The van der Waals surface area contributed by atoms with Crippen LogP contribution in [0.25, 0.3) is 6.08 Å². The maximum Gasteiger partial charge on any atom is 0.331 e. The lowest BCUT2D eigenvalue weighted by molar-refractivity contribution is -0.132. The summed E-state index contributed by atoms with van der Waals surface area (Å²) in [6.45, 7) is 1.37. The molecule has 0 radical (unpaired) electrons. The Balaban J connectivity index is 3.40. The summed E-state index contributed by atoms with van der Waals surface area (Å²) in [5.74, 6) is -1.83. The molecule has 0 aliphatic rings. The van der Waals surface area contributed by atoms with E-state index < -0.39 is 11.8 Å². The van der Waals surface area contributed by atoms with Crippen LogP contribution in [0, 0.1) is 17.1 Å². The summed E-state index contributed by atoms with van der Waals surface area (Å²) in [5, 5.41) is 17.7. The largest absolute Gasteiger partial charge is 0.478 e. The molecule has 0 saturated carbocycles. The van der Waals surface area contributed by atoms with Crippen molar-refractivity contribution in [3.8, 4) is 6.07 Å². The van der Waals surface area contributed by atoms with E-state index in [1.807, 2.05) is 0 Å². The van der Waals surface area contributed by atoms with Gasteiger partial charge in [-0.05, 0) is 25.1 Å². The highest BCUT2D eigenvalue weighted by molar-refractivity contribution is 5.91. The lowest BCUT2D eigenvalue weighted by atomic mass is 10.1. The Morgan fingerprint density at radius 1 is 1.50 bits per heavy atom. The molecule has 0 fully saturated rings. The summed E-state index contributed by atoms with van der Waals surface area (Å²) < 4.78 is 14.0. The lowest BCUT2D eigenvalue weighted by Gasteiger charge is -2.15. The van der Waals surface area contributed by atoms with Gasteiger partial charge in [-0.25, -0.2) is 9.18 Å². The van der Waals surface area contributed by atoms with Gasteiger partial charge in [-0.2, -0.15) is 5.26 Å². The molecular weight excluding hydrogens is 235 g/mol. The van der Waals surface area contributed by atoms with E-state index in [-0.39, 0.29) is 16.7 Å². The number of nitriles is 1. The van der Waals surface area contributed by atoms with Crippen LogP contribution in [0.2, 0.25) is 0 Å². The van der Waals surface area contributed by atoms with Gasteiger partial charge in [0.2, 0.25) is 0 Å². The van der Waals surface area contributed by atoms with Crippen molar-refractivity contribution in [1.29, 1.82) is 5.26 Å². The molecule has 1 aromatic rings. The number of anilines is 1. The SMILES string of the molecule is CC(=Cc1ccc(N(C)C)c(C#N)c1F)C(=O)O. The fourth-order valence-electron chi connectivity index (χ4n) is 1.47. The number of rotatable bonds is 3. The monoisotopic (exact) mass is 248 g/mol. The average molecular weight is 248 g/mol. The molecule has 5 heteroatoms. The third kappa shape index (κ3) is 2.66. The number of benzene rings is 1. The van der Waals surface area contributed by atoms with E-state index in [9.17, 15) is 9.18 Å². The molecule has 0 aromatic heterocycles. The van der Waals surface area contributed by atoms with Crippen molar-refractivity contribution in [1.82, 2.24) is 0 Å². The van der Waals surface area contributed by atoms with Crippen LogP contribution in [0.3, 0.4) is 0 Å². The highest BCUT2D eigenvalue weighted by Crippen LogP contribution is 2.25. The van der Waals surface area contributed by atoms with Crippen molar-refractivity contribution >= 4 is 17.7 Å². The number of halogens is 1. The van der Waals surface area contributed by atoms with Crippen LogP contribution in [0.4, 0.5) is 10.1 Å². The summed E-state index contributed by atoms with van der Waals surface area (Å²) in [4.78, 5) is 12.3. The van der Waals surface area contributed by atoms with Gasteiger partial charge in [-0.1, -0.05) is 0 Å². The topological polar surface area (TPSA) is 64.3 Å². The molecule has 1 rings (SSSR count). The molecule has 0 saturated heterocycles. The van der Waals surface area contributed by atoms with E-state index in [1.165, 1.54) is 19.1 Å². The van der Waals surface area contributed by atoms with Crippen LogP contribution in [-0.2, 0) is 4.79 Å². The van der Waals surface area contributed by atoms with Gasteiger partial charge in [-0.15, -0.1) is 0 Å². The van der Waals surface area contributed by atoms with Gasteiger partial charge in [0.1, 0.15) is 17.4 Å². The molecule has 0 heterocycles. The number of hydrogen-bond donors (Lipinski definition) is 1. The minimum atomic E-state index is -1.12. The molecule has 0 aliphatic carbocycles. The van der Waals surface area contributed by atoms with Crippen molar-refractivity contribution < 1.29 is 14.3 Å². The summed E-state index contributed by atoms with van der Waals surface area (Å²) >= 11 is 0. The quantitative estimate of drug-likeness (QED) is 0.833. The van der Waals surface area contributed by atoms with Gasteiger partial charge >= 0.3 is 5.97 Å². The first-order valence-electron chi connectivity index (χ1n) is 5.20. The summed E-state index contributed by atoms with van der Waals surface area (Å²) in [5.41, 5.74) is 0.472. The number of hydrogen-bond acceptors (Lipinski definition) is 3. The number of carbonyl (C=O) groups is 1. The molecule has 0 atom stereocenters. The minimum absolute atomic E-state index is 0.00962. The fourth-order valence-corrected chi connectivity index (χ4v) is 1.47. The Hall–Kier alpha value is -2.35. The zero-order valence-corrected chi connectivity index (χ0v) is 10.4.